The molecule has 2 N–H and O–H groups in total. The van der Waals surface area contributed by atoms with Crippen LogP contribution < -0.4 is 20.3 Å². The molecule has 32 heavy (non-hydrogen) atoms. The number of hydrazine groups is 1. The number of thiazole rings is 1. The van der Waals surface area contributed by atoms with Crippen LogP contribution in [0.25, 0.3) is 0 Å². The fourth-order valence-corrected chi connectivity index (χ4v) is 3.30. The van der Waals surface area contributed by atoms with Gasteiger partial charge in [0.2, 0.25) is 0 Å². The van der Waals surface area contributed by atoms with Crippen LogP contribution in [0, 0.1) is 10.1 Å². The lowest BCUT2D eigenvalue weighted by atomic mass is 10.1. The number of ether oxygens (including phenoxy) is 2. The molecular formula is C21H20N4O6S. The number of carbonyl (C=O) groups is 2. The Kier molecular flexibility index (Phi) is 7.34. The summed E-state index contributed by atoms with van der Waals surface area (Å²) in [5.74, 6) is -1.22. The fourth-order valence-electron chi connectivity index (χ4n) is 2.76. The van der Waals surface area contributed by atoms with Crippen LogP contribution in [-0.2, 0) is 13.0 Å². The van der Waals surface area contributed by atoms with Crippen molar-refractivity contribution in [3.05, 3.63) is 79.8 Å². The van der Waals surface area contributed by atoms with E-state index in [0.29, 0.717) is 11.3 Å². The quantitative estimate of drug-likeness (QED) is 0.393. The number of aromatic nitrogens is 1. The van der Waals surface area contributed by atoms with E-state index in [1.807, 2.05) is 6.92 Å². The van der Waals surface area contributed by atoms with E-state index in [9.17, 15) is 19.7 Å². The summed E-state index contributed by atoms with van der Waals surface area (Å²) in [6, 6.07) is 9.14. The van der Waals surface area contributed by atoms with E-state index >= 15 is 0 Å². The van der Waals surface area contributed by atoms with E-state index in [1.54, 1.807) is 35.2 Å². The molecule has 0 aliphatic rings. The minimum absolute atomic E-state index is 0.0788. The molecule has 0 saturated carbocycles. The SMILES string of the molecule is CCc1ccc(C(=O)NNC(=O)c2cc(OC)c(OCc3cscn3)cc2[N+](=O)[O-])cc1. The molecule has 0 fully saturated rings. The predicted molar refractivity (Wildman–Crippen MR) is 117 cm³/mol. The Hall–Kier alpha value is -3.99. The second kappa shape index (κ2) is 10.4. The molecule has 0 radical (unpaired) electrons. The summed E-state index contributed by atoms with van der Waals surface area (Å²) in [5, 5.41) is 13.3. The molecule has 3 rings (SSSR count). The van der Waals surface area contributed by atoms with Crippen LogP contribution in [0.2, 0.25) is 0 Å². The third-order valence-corrected chi connectivity index (χ3v) is 5.13. The first-order valence-corrected chi connectivity index (χ1v) is 10.4. The van der Waals surface area contributed by atoms with Crippen molar-refractivity contribution >= 4 is 28.8 Å². The maximum Gasteiger partial charge on any atom is 0.286 e. The van der Waals surface area contributed by atoms with Crippen LogP contribution in [-0.4, -0.2) is 28.8 Å². The first-order chi connectivity index (χ1) is 15.4. The number of aryl methyl sites for hydroxylation is 1. The normalized spacial score (nSPS) is 10.3. The summed E-state index contributed by atoms with van der Waals surface area (Å²) in [4.78, 5) is 39.8. The van der Waals surface area contributed by atoms with Crippen molar-refractivity contribution in [2.45, 2.75) is 20.0 Å². The van der Waals surface area contributed by atoms with Gasteiger partial charge < -0.3 is 9.47 Å². The Morgan fingerprint density at radius 3 is 2.44 bits per heavy atom. The molecule has 10 nitrogen and oxygen atoms in total. The largest absolute Gasteiger partial charge is 0.493 e. The number of methoxy groups -OCH3 is 1. The number of nitro groups is 1. The van der Waals surface area contributed by atoms with Crippen LogP contribution in [0.1, 0.15) is 38.9 Å². The Balaban J connectivity index is 1.76. The molecule has 0 spiro atoms. The second-order valence-electron chi connectivity index (χ2n) is 6.50. The van der Waals surface area contributed by atoms with E-state index < -0.39 is 22.4 Å². The molecule has 1 aromatic heterocycles. The highest BCUT2D eigenvalue weighted by Gasteiger charge is 2.25. The number of benzene rings is 2. The molecule has 0 bridgehead atoms. The number of nitrogens with one attached hydrogen (secondary N) is 2. The molecule has 2 aromatic carbocycles. The van der Waals surface area contributed by atoms with Crippen LogP contribution in [0.15, 0.2) is 47.3 Å². The van der Waals surface area contributed by atoms with Crippen LogP contribution in [0.4, 0.5) is 5.69 Å². The number of nitro benzene ring substituents is 1. The van der Waals surface area contributed by atoms with Crippen molar-refractivity contribution in [1.29, 1.82) is 0 Å². The maximum absolute atomic E-state index is 12.6. The number of carbonyl (C=O) groups excluding carboxylic acids is 2. The van der Waals surface area contributed by atoms with E-state index in [1.165, 1.54) is 24.5 Å². The van der Waals surface area contributed by atoms with Crippen LogP contribution >= 0.6 is 11.3 Å². The summed E-state index contributed by atoms with van der Waals surface area (Å²) in [7, 11) is 1.35. The zero-order valence-corrected chi connectivity index (χ0v) is 18.1. The molecule has 0 aliphatic heterocycles. The lowest BCUT2D eigenvalue weighted by molar-refractivity contribution is -0.385. The van der Waals surface area contributed by atoms with E-state index in [0.717, 1.165) is 18.1 Å². The van der Waals surface area contributed by atoms with Gasteiger partial charge in [-0.25, -0.2) is 4.98 Å². The van der Waals surface area contributed by atoms with Gasteiger partial charge in [0.1, 0.15) is 12.2 Å². The summed E-state index contributed by atoms with van der Waals surface area (Å²) >= 11 is 1.39. The first kappa shape index (κ1) is 22.7. The van der Waals surface area contributed by atoms with Crippen molar-refractivity contribution in [3.8, 4) is 11.5 Å². The highest BCUT2D eigenvalue weighted by molar-refractivity contribution is 7.07. The molecule has 166 valence electrons. The fraction of sp³-hybridized carbons (Fsp3) is 0.190. The van der Waals surface area contributed by atoms with Gasteiger partial charge in [0.15, 0.2) is 11.5 Å². The van der Waals surface area contributed by atoms with Gasteiger partial charge in [0, 0.05) is 17.0 Å². The van der Waals surface area contributed by atoms with Gasteiger partial charge in [-0.05, 0) is 24.1 Å². The predicted octanol–water partition coefficient (Wildman–Crippen LogP) is 3.28. The Morgan fingerprint density at radius 2 is 1.84 bits per heavy atom. The van der Waals surface area contributed by atoms with Crippen molar-refractivity contribution in [2.24, 2.45) is 0 Å². The molecule has 2 amide bonds. The molecule has 1 heterocycles. The summed E-state index contributed by atoms with van der Waals surface area (Å²) in [6.07, 6.45) is 0.827. The maximum atomic E-state index is 12.6. The van der Waals surface area contributed by atoms with Gasteiger partial charge in [-0.3, -0.25) is 30.6 Å². The monoisotopic (exact) mass is 456 g/mol. The topological polar surface area (TPSA) is 133 Å². The molecular weight excluding hydrogens is 436 g/mol. The Morgan fingerprint density at radius 1 is 1.12 bits per heavy atom. The van der Waals surface area contributed by atoms with Crippen molar-refractivity contribution in [1.82, 2.24) is 15.8 Å². The lowest BCUT2D eigenvalue weighted by Gasteiger charge is -2.13. The van der Waals surface area contributed by atoms with E-state index in [2.05, 4.69) is 15.8 Å². The van der Waals surface area contributed by atoms with Gasteiger partial charge in [-0.1, -0.05) is 19.1 Å². The summed E-state index contributed by atoms with van der Waals surface area (Å²) in [5.41, 5.74) is 7.34. The second-order valence-corrected chi connectivity index (χ2v) is 7.22. The molecule has 0 unspecified atom stereocenters. The Bertz CT molecular complexity index is 1120. The minimum Gasteiger partial charge on any atom is -0.493 e. The summed E-state index contributed by atoms with van der Waals surface area (Å²) in [6.45, 7) is 2.07. The number of hydrogen-bond acceptors (Lipinski definition) is 8. The Labute approximate surface area is 187 Å². The van der Waals surface area contributed by atoms with Crippen molar-refractivity contribution in [2.75, 3.05) is 7.11 Å². The number of amides is 2. The van der Waals surface area contributed by atoms with Gasteiger partial charge in [-0.2, -0.15) is 0 Å². The minimum atomic E-state index is -0.875. The van der Waals surface area contributed by atoms with Crippen LogP contribution in [0.3, 0.4) is 0 Å². The number of rotatable bonds is 8. The zero-order valence-electron chi connectivity index (χ0n) is 17.3. The summed E-state index contributed by atoms with van der Waals surface area (Å²) < 4.78 is 10.8. The van der Waals surface area contributed by atoms with E-state index in [4.69, 9.17) is 9.47 Å². The van der Waals surface area contributed by atoms with Gasteiger partial charge in [0.05, 0.1) is 29.3 Å². The van der Waals surface area contributed by atoms with Crippen LogP contribution in [0.5, 0.6) is 11.5 Å². The zero-order chi connectivity index (χ0) is 23.1. The van der Waals surface area contributed by atoms with Gasteiger partial charge in [0.25, 0.3) is 17.5 Å². The first-order valence-electron chi connectivity index (χ1n) is 9.48. The third kappa shape index (κ3) is 5.38. The average Bonchev–Trinajstić information content (AvgIpc) is 3.34. The smallest absolute Gasteiger partial charge is 0.286 e. The standard InChI is InChI=1S/C21H20N4O6S/c1-3-13-4-6-14(7-5-13)20(26)23-24-21(27)16-8-18(30-2)19(9-17(16)25(28)29)31-10-15-11-32-12-22-15/h4-9,11-12H,3,10H2,1-2H3,(H,23,26)(H,24,27). The van der Waals surface area contributed by atoms with Crippen molar-refractivity contribution < 1.29 is 24.0 Å². The van der Waals surface area contributed by atoms with Crippen molar-refractivity contribution in [3.63, 3.8) is 0 Å². The third-order valence-electron chi connectivity index (χ3n) is 4.50. The highest BCUT2D eigenvalue weighted by Crippen LogP contribution is 2.35. The number of hydrogen-bond donors (Lipinski definition) is 2. The van der Waals surface area contributed by atoms with Gasteiger partial charge >= 0.3 is 0 Å². The highest BCUT2D eigenvalue weighted by atomic mass is 32.1. The lowest BCUT2D eigenvalue weighted by Crippen LogP contribution is -2.41. The molecule has 0 aliphatic carbocycles. The van der Waals surface area contributed by atoms with Gasteiger partial charge in [-0.15, -0.1) is 11.3 Å². The van der Waals surface area contributed by atoms with E-state index in [-0.39, 0.29) is 23.7 Å². The average molecular weight is 456 g/mol. The number of nitrogens with zero attached hydrogens (tertiary/aromatic N) is 2. The molecule has 0 atom stereocenters. The molecule has 11 heteroatoms. The molecule has 3 aromatic rings. The molecule has 0 saturated heterocycles.